The van der Waals surface area contributed by atoms with Crippen LogP contribution in [-0.4, -0.2) is 38.4 Å². The highest BCUT2D eigenvalue weighted by molar-refractivity contribution is 5.87. The van der Waals surface area contributed by atoms with Crippen molar-refractivity contribution >= 4 is 11.7 Å². The molecule has 0 bridgehead atoms. The van der Waals surface area contributed by atoms with Crippen LogP contribution in [-0.2, 0) is 9.59 Å². The van der Waals surface area contributed by atoms with Gasteiger partial charge < -0.3 is 16.4 Å². The number of hydrogen-bond donors (Lipinski definition) is 3. The smallest absolute Gasteiger partial charge is 0.220 e. The maximum atomic E-state index is 11.2. The average molecular weight is 215 g/mol. The van der Waals surface area contributed by atoms with Crippen LogP contribution in [0.1, 0.15) is 25.7 Å². The molecule has 0 rings (SSSR count). The molecule has 5 nitrogen and oxygen atoms in total. The van der Waals surface area contributed by atoms with Crippen molar-refractivity contribution in [2.75, 3.05) is 26.7 Å². The van der Waals surface area contributed by atoms with Crippen LogP contribution in [0.2, 0.25) is 0 Å². The zero-order valence-electron chi connectivity index (χ0n) is 9.34. The Morgan fingerprint density at radius 2 is 1.93 bits per heavy atom. The molecule has 1 amide bonds. The van der Waals surface area contributed by atoms with Gasteiger partial charge in [-0.25, -0.2) is 0 Å². The lowest BCUT2D eigenvalue weighted by Crippen LogP contribution is -2.32. The summed E-state index contributed by atoms with van der Waals surface area (Å²) in [5, 5.41) is 5.58. The van der Waals surface area contributed by atoms with Gasteiger partial charge in [-0.3, -0.25) is 9.59 Å². The molecule has 0 aliphatic heterocycles. The normalized spacial score (nSPS) is 10.0. The molecule has 0 aromatic rings. The summed E-state index contributed by atoms with van der Waals surface area (Å²) in [6, 6.07) is 0. The fraction of sp³-hybridized carbons (Fsp3) is 0.800. The molecule has 0 radical (unpaired) electrons. The number of nitrogens with two attached hydrogens (primary N) is 1. The molecule has 0 fully saturated rings. The molecule has 0 saturated carbocycles. The van der Waals surface area contributed by atoms with Gasteiger partial charge in [-0.15, -0.1) is 0 Å². The predicted octanol–water partition coefficient (Wildman–Crippen LogP) is -0.590. The second-order valence-electron chi connectivity index (χ2n) is 3.43. The van der Waals surface area contributed by atoms with E-state index in [0.717, 1.165) is 25.8 Å². The van der Waals surface area contributed by atoms with Gasteiger partial charge in [0.05, 0.1) is 13.1 Å². The Labute approximate surface area is 90.8 Å². The number of rotatable bonds is 9. The van der Waals surface area contributed by atoms with Gasteiger partial charge in [-0.1, -0.05) is 6.42 Å². The largest absolute Gasteiger partial charge is 0.349 e. The van der Waals surface area contributed by atoms with E-state index in [9.17, 15) is 9.59 Å². The monoisotopic (exact) mass is 215 g/mol. The minimum Gasteiger partial charge on any atom is -0.349 e. The van der Waals surface area contributed by atoms with Crippen molar-refractivity contribution in [2.45, 2.75) is 25.7 Å². The second kappa shape index (κ2) is 9.61. The van der Waals surface area contributed by atoms with Gasteiger partial charge in [0.1, 0.15) is 0 Å². The van der Waals surface area contributed by atoms with Crippen molar-refractivity contribution in [3.8, 4) is 0 Å². The number of Topliss-reactive ketones (excluding diaryl/α,β-unsaturated/α-hetero) is 1. The van der Waals surface area contributed by atoms with Crippen LogP contribution >= 0.6 is 0 Å². The predicted molar refractivity (Wildman–Crippen MR) is 59.5 cm³/mol. The van der Waals surface area contributed by atoms with Crippen molar-refractivity contribution in [3.05, 3.63) is 0 Å². The van der Waals surface area contributed by atoms with Gasteiger partial charge in [0, 0.05) is 6.42 Å². The van der Waals surface area contributed by atoms with Crippen LogP contribution in [0.4, 0.5) is 0 Å². The standard InChI is InChI=1S/C10H21N3O2/c1-12-6-4-2-3-5-10(15)13-8-9(14)7-11/h12H,2-8,11H2,1H3,(H,13,15). The second-order valence-corrected chi connectivity index (χ2v) is 3.43. The maximum Gasteiger partial charge on any atom is 0.220 e. The first-order valence-electron chi connectivity index (χ1n) is 5.33. The minimum atomic E-state index is -0.140. The molecule has 15 heavy (non-hydrogen) atoms. The SMILES string of the molecule is CNCCCCCC(=O)NCC(=O)CN. The lowest BCUT2D eigenvalue weighted by molar-refractivity contribution is -0.124. The number of nitrogens with one attached hydrogen (secondary N) is 2. The molecule has 88 valence electrons. The third-order valence-corrected chi connectivity index (χ3v) is 2.04. The third kappa shape index (κ3) is 9.37. The molecular weight excluding hydrogens is 194 g/mol. The zero-order valence-corrected chi connectivity index (χ0v) is 9.34. The molecule has 0 heterocycles. The van der Waals surface area contributed by atoms with Gasteiger partial charge >= 0.3 is 0 Å². The summed E-state index contributed by atoms with van der Waals surface area (Å²) in [6.07, 6.45) is 3.45. The van der Waals surface area contributed by atoms with Crippen molar-refractivity contribution in [2.24, 2.45) is 5.73 Å². The van der Waals surface area contributed by atoms with Crippen molar-refractivity contribution in [1.29, 1.82) is 0 Å². The van der Waals surface area contributed by atoms with Gasteiger partial charge in [0.15, 0.2) is 5.78 Å². The van der Waals surface area contributed by atoms with Crippen LogP contribution in [0, 0.1) is 0 Å². The zero-order chi connectivity index (χ0) is 11.5. The van der Waals surface area contributed by atoms with E-state index in [4.69, 9.17) is 5.73 Å². The fourth-order valence-corrected chi connectivity index (χ4v) is 1.12. The van der Waals surface area contributed by atoms with Crippen molar-refractivity contribution in [3.63, 3.8) is 0 Å². The van der Waals surface area contributed by atoms with E-state index in [0.29, 0.717) is 6.42 Å². The Kier molecular flexibility index (Phi) is 9.01. The minimum absolute atomic E-state index is 0.0115. The number of unbranched alkanes of at least 4 members (excludes halogenated alkanes) is 2. The number of carbonyl (C=O) groups is 2. The van der Waals surface area contributed by atoms with E-state index < -0.39 is 0 Å². The fourth-order valence-electron chi connectivity index (χ4n) is 1.12. The molecule has 0 aliphatic carbocycles. The lowest BCUT2D eigenvalue weighted by Gasteiger charge is -2.03. The number of carbonyl (C=O) groups excluding carboxylic acids is 2. The summed E-state index contributed by atoms with van der Waals surface area (Å²) in [7, 11) is 1.91. The topological polar surface area (TPSA) is 84.2 Å². The van der Waals surface area contributed by atoms with Crippen LogP contribution in [0.3, 0.4) is 0 Å². The molecule has 0 aromatic carbocycles. The molecule has 5 heteroatoms. The van der Waals surface area contributed by atoms with Crippen LogP contribution in [0.15, 0.2) is 0 Å². The highest BCUT2D eigenvalue weighted by atomic mass is 16.2. The van der Waals surface area contributed by atoms with E-state index in [1.54, 1.807) is 0 Å². The molecule has 4 N–H and O–H groups in total. The first kappa shape index (κ1) is 14.1. The van der Waals surface area contributed by atoms with E-state index in [-0.39, 0.29) is 24.8 Å². The Morgan fingerprint density at radius 3 is 2.53 bits per heavy atom. The Morgan fingerprint density at radius 1 is 1.20 bits per heavy atom. The molecule has 0 spiro atoms. The first-order valence-corrected chi connectivity index (χ1v) is 5.33. The molecule has 0 aliphatic rings. The van der Waals surface area contributed by atoms with Crippen LogP contribution < -0.4 is 16.4 Å². The molecule has 0 aromatic heterocycles. The van der Waals surface area contributed by atoms with Gasteiger partial charge in [-0.2, -0.15) is 0 Å². The highest BCUT2D eigenvalue weighted by Gasteiger charge is 2.03. The number of hydrogen-bond acceptors (Lipinski definition) is 4. The van der Waals surface area contributed by atoms with Crippen LogP contribution in [0.25, 0.3) is 0 Å². The van der Waals surface area contributed by atoms with E-state index in [1.165, 1.54) is 0 Å². The summed E-state index contributed by atoms with van der Waals surface area (Å²) in [6.45, 7) is 1.03. The van der Waals surface area contributed by atoms with Crippen molar-refractivity contribution in [1.82, 2.24) is 10.6 Å². The van der Waals surface area contributed by atoms with Crippen molar-refractivity contribution < 1.29 is 9.59 Å². The van der Waals surface area contributed by atoms with E-state index >= 15 is 0 Å². The summed E-state index contributed by atoms with van der Waals surface area (Å²) in [5.74, 6) is -0.209. The molecule has 0 atom stereocenters. The van der Waals surface area contributed by atoms with Gasteiger partial charge in [0.2, 0.25) is 5.91 Å². The van der Waals surface area contributed by atoms with E-state index in [1.807, 2.05) is 7.05 Å². The van der Waals surface area contributed by atoms with Gasteiger partial charge in [-0.05, 0) is 26.4 Å². The maximum absolute atomic E-state index is 11.2. The Bertz CT molecular complexity index is 195. The molecular formula is C10H21N3O2. The Balaban J connectivity index is 3.30. The summed E-state index contributed by atoms with van der Waals surface area (Å²) < 4.78 is 0. The first-order chi connectivity index (χ1) is 7.20. The van der Waals surface area contributed by atoms with Gasteiger partial charge in [0.25, 0.3) is 0 Å². The quantitative estimate of drug-likeness (QED) is 0.449. The summed E-state index contributed by atoms with van der Waals surface area (Å²) >= 11 is 0. The molecule has 0 unspecified atom stereocenters. The summed E-state index contributed by atoms with van der Waals surface area (Å²) in [5.41, 5.74) is 5.11. The number of ketones is 1. The Hall–Kier alpha value is -0.940. The van der Waals surface area contributed by atoms with Crippen LogP contribution in [0.5, 0.6) is 0 Å². The lowest BCUT2D eigenvalue weighted by atomic mass is 10.2. The third-order valence-electron chi connectivity index (χ3n) is 2.04. The summed E-state index contributed by atoms with van der Waals surface area (Å²) in [4.78, 5) is 22.0. The average Bonchev–Trinajstić information content (AvgIpc) is 2.25. The van der Waals surface area contributed by atoms with E-state index in [2.05, 4.69) is 10.6 Å². The number of amides is 1. The molecule has 0 saturated heterocycles. The highest BCUT2D eigenvalue weighted by Crippen LogP contribution is 1.98.